The predicted molar refractivity (Wildman–Crippen MR) is 133 cm³/mol. The Kier molecular flexibility index (Phi) is 7.43. The van der Waals surface area contributed by atoms with E-state index in [1.807, 2.05) is 42.5 Å². The molecule has 1 heterocycles. The number of hydrogen-bond donors (Lipinski definition) is 3. The minimum absolute atomic E-state index is 0.0561. The molecule has 3 N–H and O–H groups in total. The number of aromatic amines is 1. The molecule has 0 bridgehead atoms. The Balaban J connectivity index is 1.41. The van der Waals surface area contributed by atoms with Gasteiger partial charge in [0.1, 0.15) is 5.82 Å². The van der Waals surface area contributed by atoms with Crippen LogP contribution in [0.2, 0.25) is 0 Å². The number of aromatic nitrogens is 2. The lowest BCUT2D eigenvalue weighted by molar-refractivity contribution is -0.119. The van der Waals surface area contributed by atoms with Gasteiger partial charge in [0.05, 0.1) is 11.0 Å². The maximum atomic E-state index is 12.6. The van der Waals surface area contributed by atoms with Crippen LogP contribution in [0.15, 0.2) is 42.5 Å². The molecule has 1 unspecified atom stereocenters. The van der Waals surface area contributed by atoms with Gasteiger partial charge in [-0.15, -0.1) is 0 Å². The number of unbranched alkanes of at least 4 members (excludes halogenated alkanes) is 2. The number of hydrogen-bond acceptors (Lipinski definition) is 3. The van der Waals surface area contributed by atoms with Gasteiger partial charge in [-0.25, -0.2) is 4.98 Å². The first kappa shape index (κ1) is 23.0. The van der Waals surface area contributed by atoms with Crippen LogP contribution in [0, 0.1) is 5.92 Å². The van der Waals surface area contributed by atoms with Crippen molar-refractivity contribution >= 4 is 28.5 Å². The molecule has 1 aromatic heterocycles. The van der Waals surface area contributed by atoms with Crippen LogP contribution in [0.1, 0.15) is 75.6 Å². The van der Waals surface area contributed by atoms with Gasteiger partial charge in [0.25, 0.3) is 5.91 Å². The van der Waals surface area contributed by atoms with E-state index in [2.05, 4.69) is 34.4 Å². The molecular formula is C27H34N4O2. The van der Waals surface area contributed by atoms with Gasteiger partial charge in [0.15, 0.2) is 0 Å². The smallest absolute Gasteiger partial charge is 0.251 e. The zero-order valence-corrected chi connectivity index (χ0v) is 19.6. The summed E-state index contributed by atoms with van der Waals surface area (Å²) >= 11 is 0. The Bertz CT molecular complexity index is 1100. The van der Waals surface area contributed by atoms with Crippen LogP contribution in [0.4, 0.5) is 5.69 Å². The molecule has 0 radical (unpaired) electrons. The summed E-state index contributed by atoms with van der Waals surface area (Å²) < 4.78 is 0. The minimum Gasteiger partial charge on any atom is -0.350 e. The second-order valence-electron chi connectivity index (χ2n) is 9.24. The molecule has 6 nitrogen and oxygen atoms in total. The molecule has 2 aromatic carbocycles. The van der Waals surface area contributed by atoms with Gasteiger partial charge in [0.2, 0.25) is 5.91 Å². The number of H-pyrrole nitrogens is 1. The highest BCUT2D eigenvalue weighted by atomic mass is 16.2. The second kappa shape index (κ2) is 10.6. The fourth-order valence-electron chi connectivity index (χ4n) is 4.51. The molecule has 0 spiro atoms. The number of nitrogens with one attached hydrogen (secondary N) is 3. The van der Waals surface area contributed by atoms with Crippen molar-refractivity contribution in [3.05, 3.63) is 48.0 Å². The fraction of sp³-hybridized carbons (Fsp3) is 0.444. The number of amides is 2. The molecule has 0 aliphatic heterocycles. The zero-order valence-electron chi connectivity index (χ0n) is 19.6. The molecule has 1 saturated carbocycles. The molecule has 1 aliphatic carbocycles. The van der Waals surface area contributed by atoms with Crippen LogP contribution >= 0.6 is 0 Å². The molecule has 33 heavy (non-hydrogen) atoms. The van der Waals surface area contributed by atoms with E-state index in [1.165, 1.54) is 12.8 Å². The van der Waals surface area contributed by atoms with Gasteiger partial charge < -0.3 is 15.6 Å². The normalized spacial score (nSPS) is 15.0. The highest BCUT2D eigenvalue weighted by Gasteiger charge is 2.22. The lowest BCUT2D eigenvalue weighted by Gasteiger charge is -2.13. The third-order valence-electron chi connectivity index (χ3n) is 6.51. The van der Waals surface area contributed by atoms with E-state index in [-0.39, 0.29) is 23.8 Å². The standard InChI is InChI=1S/C27H34N4O2/c1-3-4-5-8-18(2)28-27(33)21-13-16-23-24(17-21)31-25(30-23)19-11-14-22(15-12-19)29-26(32)20-9-6-7-10-20/h11-18,20H,3-10H2,1-2H3,(H,28,33)(H,29,32)(H,30,31). The van der Waals surface area contributed by atoms with E-state index in [0.717, 1.165) is 66.6 Å². The molecule has 6 heteroatoms. The zero-order chi connectivity index (χ0) is 23.2. The molecule has 174 valence electrons. The number of carbonyl (C=O) groups excluding carboxylic acids is 2. The largest absolute Gasteiger partial charge is 0.350 e. The monoisotopic (exact) mass is 446 g/mol. The van der Waals surface area contributed by atoms with Crippen LogP contribution in [-0.4, -0.2) is 27.8 Å². The van der Waals surface area contributed by atoms with Crippen LogP contribution < -0.4 is 10.6 Å². The number of rotatable bonds is 9. The average Bonchev–Trinajstić information content (AvgIpc) is 3.49. The minimum atomic E-state index is -0.0561. The van der Waals surface area contributed by atoms with Gasteiger partial charge in [-0.05, 0) is 68.7 Å². The van der Waals surface area contributed by atoms with Crippen LogP contribution in [0.25, 0.3) is 22.4 Å². The van der Waals surface area contributed by atoms with E-state index in [4.69, 9.17) is 0 Å². The number of anilines is 1. The number of carbonyl (C=O) groups is 2. The van der Waals surface area contributed by atoms with E-state index < -0.39 is 0 Å². The van der Waals surface area contributed by atoms with E-state index in [0.29, 0.717) is 5.56 Å². The quantitative estimate of drug-likeness (QED) is 0.349. The van der Waals surface area contributed by atoms with E-state index >= 15 is 0 Å². The second-order valence-corrected chi connectivity index (χ2v) is 9.24. The molecule has 2 amide bonds. The summed E-state index contributed by atoms with van der Waals surface area (Å²) in [7, 11) is 0. The number of imidazole rings is 1. The van der Waals surface area contributed by atoms with Crippen LogP contribution in [-0.2, 0) is 4.79 Å². The van der Waals surface area contributed by atoms with Gasteiger partial charge in [-0.1, -0.05) is 39.0 Å². The lowest BCUT2D eigenvalue weighted by atomic mass is 10.1. The Morgan fingerprint density at radius 2 is 1.85 bits per heavy atom. The third-order valence-corrected chi connectivity index (χ3v) is 6.51. The SMILES string of the molecule is CCCCCC(C)NC(=O)c1ccc2nc(-c3ccc(NC(=O)C4CCCC4)cc3)[nH]c2c1. The van der Waals surface area contributed by atoms with Crippen LogP contribution in [0.5, 0.6) is 0 Å². The van der Waals surface area contributed by atoms with Gasteiger partial charge in [-0.3, -0.25) is 9.59 Å². The average molecular weight is 447 g/mol. The summed E-state index contributed by atoms with van der Waals surface area (Å²) in [5.41, 5.74) is 4.01. The topological polar surface area (TPSA) is 86.9 Å². The van der Waals surface area contributed by atoms with Gasteiger partial charge in [0, 0.05) is 28.8 Å². The number of benzene rings is 2. The Hall–Kier alpha value is -3.15. The Labute approximate surface area is 195 Å². The van der Waals surface area contributed by atoms with Crippen molar-refractivity contribution in [3.8, 4) is 11.4 Å². The van der Waals surface area contributed by atoms with Crippen molar-refractivity contribution in [3.63, 3.8) is 0 Å². The third kappa shape index (κ3) is 5.81. The molecular weight excluding hydrogens is 412 g/mol. The summed E-state index contributed by atoms with van der Waals surface area (Å²) in [6, 6.07) is 13.4. The Morgan fingerprint density at radius 1 is 1.09 bits per heavy atom. The van der Waals surface area contributed by atoms with Crippen LogP contribution in [0.3, 0.4) is 0 Å². The highest BCUT2D eigenvalue weighted by molar-refractivity contribution is 5.98. The van der Waals surface area contributed by atoms with Gasteiger partial charge >= 0.3 is 0 Å². The molecule has 3 aromatic rings. The highest BCUT2D eigenvalue weighted by Crippen LogP contribution is 2.27. The van der Waals surface area contributed by atoms with Gasteiger partial charge in [-0.2, -0.15) is 0 Å². The first-order chi connectivity index (χ1) is 16.0. The number of nitrogens with zero attached hydrogens (tertiary/aromatic N) is 1. The molecule has 1 aliphatic rings. The molecule has 1 atom stereocenters. The maximum absolute atomic E-state index is 12.6. The summed E-state index contributed by atoms with van der Waals surface area (Å²) in [5, 5.41) is 6.12. The Morgan fingerprint density at radius 3 is 2.58 bits per heavy atom. The van der Waals surface area contributed by atoms with Crippen molar-refractivity contribution in [2.24, 2.45) is 5.92 Å². The van der Waals surface area contributed by atoms with Crippen molar-refractivity contribution in [1.29, 1.82) is 0 Å². The van der Waals surface area contributed by atoms with E-state index in [9.17, 15) is 9.59 Å². The van der Waals surface area contributed by atoms with Crippen molar-refractivity contribution in [2.45, 2.75) is 71.3 Å². The van der Waals surface area contributed by atoms with Crippen molar-refractivity contribution in [1.82, 2.24) is 15.3 Å². The summed E-state index contributed by atoms with van der Waals surface area (Å²) in [6.07, 6.45) is 8.75. The summed E-state index contributed by atoms with van der Waals surface area (Å²) in [5.74, 6) is 0.948. The first-order valence-electron chi connectivity index (χ1n) is 12.3. The lowest BCUT2D eigenvalue weighted by Crippen LogP contribution is -2.32. The summed E-state index contributed by atoms with van der Waals surface area (Å²) in [6.45, 7) is 4.24. The predicted octanol–water partition coefficient (Wildman–Crippen LogP) is 6.06. The summed E-state index contributed by atoms with van der Waals surface area (Å²) in [4.78, 5) is 33.0. The first-order valence-corrected chi connectivity index (χ1v) is 12.3. The van der Waals surface area contributed by atoms with E-state index in [1.54, 1.807) is 0 Å². The molecule has 0 saturated heterocycles. The fourth-order valence-corrected chi connectivity index (χ4v) is 4.51. The van der Waals surface area contributed by atoms with Crippen molar-refractivity contribution < 1.29 is 9.59 Å². The molecule has 1 fully saturated rings. The molecule has 4 rings (SSSR count). The maximum Gasteiger partial charge on any atom is 0.251 e. The van der Waals surface area contributed by atoms with Crippen molar-refractivity contribution in [2.75, 3.05) is 5.32 Å². The number of fused-ring (bicyclic) bond motifs is 1.